The minimum absolute atomic E-state index is 1.18. The average molecular weight is 359 g/mol. The van der Waals surface area contributed by atoms with Crippen molar-refractivity contribution >= 4 is 0 Å². The summed E-state index contributed by atoms with van der Waals surface area (Å²) in [4.78, 5) is 0. The van der Waals surface area contributed by atoms with E-state index in [1.54, 1.807) is 0 Å². The smallest absolute Gasteiger partial charge is 0.0348 e. The molecule has 1 rings (SSSR count). The summed E-state index contributed by atoms with van der Waals surface area (Å²) in [6.07, 6.45) is 50.5. The van der Waals surface area contributed by atoms with Crippen LogP contribution in [0.25, 0.3) is 0 Å². The molecular weight excluding hydrogens is 324 g/mol. The van der Waals surface area contributed by atoms with Crippen molar-refractivity contribution in [3.63, 3.8) is 0 Å². The number of hydrogen-bond donors (Lipinski definition) is 0. The summed E-state index contributed by atoms with van der Waals surface area (Å²) in [5, 5.41) is 0. The quantitative estimate of drug-likeness (QED) is 0.408. The van der Waals surface area contributed by atoms with Crippen LogP contribution in [0.3, 0.4) is 0 Å². The maximum Gasteiger partial charge on any atom is -0.0348 e. The number of rotatable bonds is 0. The lowest BCUT2D eigenvalue weighted by Crippen LogP contribution is -1.78. The maximum atomic E-state index is 2.26. The Hall–Kier alpha value is -2.60. The van der Waals surface area contributed by atoms with Crippen LogP contribution >= 0.6 is 0 Å². The molecule has 0 aromatic rings. The van der Waals surface area contributed by atoms with E-state index < -0.39 is 0 Å². The first-order chi connectivity index (χ1) is 13.5. The first-order valence-electron chi connectivity index (χ1n) is 10.1. The maximum absolute atomic E-state index is 2.26. The van der Waals surface area contributed by atoms with Crippen LogP contribution in [0.15, 0.2) is 122 Å². The second kappa shape index (κ2) is 19.7. The van der Waals surface area contributed by atoms with Crippen molar-refractivity contribution in [1.82, 2.24) is 0 Å². The second-order valence-electron chi connectivity index (χ2n) is 6.28. The zero-order chi connectivity index (χ0) is 19.1. The molecule has 0 amide bonds. The molecule has 1 aliphatic carbocycles. The molecule has 0 saturated heterocycles. The first-order valence-corrected chi connectivity index (χ1v) is 10.1. The van der Waals surface area contributed by atoms with Crippen molar-refractivity contribution < 1.29 is 0 Å². The minimum Gasteiger partial charge on any atom is -0.0845 e. The van der Waals surface area contributed by atoms with Crippen molar-refractivity contribution in [3.8, 4) is 0 Å². The highest BCUT2D eigenvalue weighted by Gasteiger charge is 1.88. The molecule has 0 aromatic heterocycles. The fourth-order valence-corrected chi connectivity index (χ4v) is 2.43. The molecule has 142 valence electrons. The first kappa shape index (κ1) is 22.4. The lowest BCUT2D eigenvalue weighted by Gasteiger charge is -1.97. The van der Waals surface area contributed by atoms with E-state index in [0.717, 1.165) is 0 Å². The largest absolute Gasteiger partial charge is 0.0845 e. The summed E-state index contributed by atoms with van der Waals surface area (Å²) in [5.41, 5.74) is 0. The van der Waals surface area contributed by atoms with Gasteiger partial charge in [-0.05, 0) is 25.7 Å². The van der Waals surface area contributed by atoms with Gasteiger partial charge in [-0.2, -0.15) is 0 Å². The topological polar surface area (TPSA) is 0 Å². The van der Waals surface area contributed by atoms with Crippen LogP contribution in [0.2, 0.25) is 0 Å². The van der Waals surface area contributed by atoms with Gasteiger partial charge < -0.3 is 0 Å². The predicted molar refractivity (Wildman–Crippen MR) is 124 cm³/mol. The molecule has 0 saturated carbocycles. The van der Waals surface area contributed by atoms with E-state index in [1.165, 1.54) is 44.9 Å². The van der Waals surface area contributed by atoms with Gasteiger partial charge in [-0.1, -0.05) is 141 Å². The van der Waals surface area contributed by atoms with Crippen LogP contribution in [0.5, 0.6) is 0 Å². The van der Waals surface area contributed by atoms with Crippen molar-refractivity contribution in [2.24, 2.45) is 0 Å². The van der Waals surface area contributed by atoms with Gasteiger partial charge in [0.1, 0.15) is 0 Å². The van der Waals surface area contributed by atoms with Crippen LogP contribution in [0, 0.1) is 0 Å². The normalized spacial score (nSPS) is 28.7. The van der Waals surface area contributed by atoms with Crippen molar-refractivity contribution in [1.29, 1.82) is 0 Å². The highest BCUT2D eigenvalue weighted by Crippen LogP contribution is 2.08. The molecule has 0 unspecified atom stereocenters. The number of hydrogen-bond acceptors (Lipinski definition) is 0. The summed E-state index contributed by atoms with van der Waals surface area (Å²) in [7, 11) is 0. The van der Waals surface area contributed by atoms with Crippen LogP contribution in [-0.2, 0) is 0 Å². The highest BCUT2D eigenvalue weighted by atomic mass is 13.9. The molecule has 0 heterocycles. The van der Waals surface area contributed by atoms with Crippen molar-refractivity contribution in [2.75, 3.05) is 0 Å². The van der Waals surface area contributed by atoms with E-state index in [-0.39, 0.29) is 0 Å². The molecule has 0 nitrogen and oxygen atoms in total. The summed E-state index contributed by atoms with van der Waals surface area (Å²) in [6, 6.07) is 0. The molecule has 0 atom stereocenters. The SMILES string of the molecule is C1=CCCCCCCC\C=C/C=C/C=C/C=C/C=C/C=C\C=C\C=C\C=C\1. The molecule has 0 spiro atoms. The molecule has 1 aliphatic rings. The van der Waals surface area contributed by atoms with Gasteiger partial charge in [-0.15, -0.1) is 0 Å². The average Bonchev–Trinajstić information content (AvgIpc) is 2.68. The Labute approximate surface area is 166 Å². The monoisotopic (exact) mass is 358 g/mol. The zero-order valence-electron chi connectivity index (χ0n) is 16.5. The lowest BCUT2D eigenvalue weighted by molar-refractivity contribution is 0.622. The lowest BCUT2D eigenvalue weighted by atomic mass is 10.1. The van der Waals surface area contributed by atoms with E-state index in [2.05, 4.69) is 60.8 Å². The molecule has 0 fully saturated rings. The van der Waals surface area contributed by atoms with Crippen LogP contribution in [-0.4, -0.2) is 0 Å². The molecule has 27 heavy (non-hydrogen) atoms. The number of allylic oxidation sites excluding steroid dienone is 20. The Morgan fingerprint density at radius 3 is 0.741 bits per heavy atom. The van der Waals surface area contributed by atoms with Crippen LogP contribution < -0.4 is 0 Å². The van der Waals surface area contributed by atoms with Gasteiger partial charge in [0.2, 0.25) is 0 Å². The van der Waals surface area contributed by atoms with Gasteiger partial charge in [0.25, 0.3) is 0 Å². The molecule has 0 aromatic carbocycles. The van der Waals surface area contributed by atoms with Gasteiger partial charge in [-0.3, -0.25) is 0 Å². The predicted octanol–water partition coefficient (Wildman–Crippen LogP) is 8.29. The Kier molecular flexibility index (Phi) is 16.4. The summed E-state index contributed by atoms with van der Waals surface area (Å²) >= 11 is 0. The summed E-state index contributed by atoms with van der Waals surface area (Å²) in [5.74, 6) is 0. The molecular formula is C27H34. The van der Waals surface area contributed by atoms with E-state index in [4.69, 9.17) is 0 Å². The fourth-order valence-electron chi connectivity index (χ4n) is 2.43. The molecule has 0 radical (unpaired) electrons. The third-order valence-corrected chi connectivity index (χ3v) is 3.90. The molecule has 0 N–H and O–H groups in total. The van der Waals surface area contributed by atoms with Crippen LogP contribution in [0.4, 0.5) is 0 Å². The van der Waals surface area contributed by atoms with E-state index in [9.17, 15) is 0 Å². The molecule has 0 bridgehead atoms. The van der Waals surface area contributed by atoms with Gasteiger partial charge in [-0.25, -0.2) is 0 Å². The van der Waals surface area contributed by atoms with E-state index >= 15 is 0 Å². The second-order valence-corrected chi connectivity index (χ2v) is 6.28. The molecule has 0 aliphatic heterocycles. The zero-order valence-corrected chi connectivity index (χ0v) is 16.5. The Balaban J connectivity index is 2.47. The van der Waals surface area contributed by atoms with Crippen molar-refractivity contribution in [3.05, 3.63) is 122 Å². The molecule has 0 heteroatoms. The van der Waals surface area contributed by atoms with Gasteiger partial charge in [0, 0.05) is 0 Å². The highest BCUT2D eigenvalue weighted by molar-refractivity contribution is 5.22. The third kappa shape index (κ3) is 18.0. The van der Waals surface area contributed by atoms with Gasteiger partial charge in [0.15, 0.2) is 0 Å². The van der Waals surface area contributed by atoms with Crippen molar-refractivity contribution in [2.45, 2.75) is 44.9 Å². The summed E-state index contributed by atoms with van der Waals surface area (Å²) in [6.45, 7) is 0. The Morgan fingerprint density at radius 1 is 0.222 bits per heavy atom. The van der Waals surface area contributed by atoms with E-state index in [1.807, 2.05) is 60.8 Å². The Bertz CT molecular complexity index is 569. The van der Waals surface area contributed by atoms with E-state index in [0.29, 0.717) is 0 Å². The standard InChI is InChI=1S/C27H34/c1-2-4-6-8-10-12-14-16-18-20-22-24-26-27-25-23-21-19-17-15-13-11-9-7-5-3-1/h1-20H,21-27H2/b3-1-,4-2+,7-5+,8-6+,11-9+,12-10+,15-13+,16-14+,19-17?,20-18-. The van der Waals surface area contributed by atoms with Gasteiger partial charge in [0.05, 0.1) is 0 Å². The minimum atomic E-state index is 1.18. The van der Waals surface area contributed by atoms with Crippen LogP contribution in [0.1, 0.15) is 44.9 Å². The Morgan fingerprint density at radius 2 is 0.444 bits per heavy atom. The fraction of sp³-hybridized carbons (Fsp3) is 0.259. The third-order valence-electron chi connectivity index (χ3n) is 3.90. The van der Waals surface area contributed by atoms with Gasteiger partial charge >= 0.3 is 0 Å². The summed E-state index contributed by atoms with van der Waals surface area (Å²) < 4.78 is 0.